The van der Waals surface area contributed by atoms with Crippen molar-refractivity contribution >= 4 is 41.4 Å². The Hall–Kier alpha value is -6.97. The van der Waals surface area contributed by atoms with E-state index in [1.54, 1.807) is 0 Å². The Kier molecular flexibility index (Phi) is 12.7. The third kappa shape index (κ3) is 9.33. The van der Waals surface area contributed by atoms with Crippen LogP contribution in [0.2, 0.25) is 0 Å². The number of unbranched alkanes of at least 4 members (excludes halogenated alkanes) is 2. The van der Waals surface area contributed by atoms with Gasteiger partial charge in [0.2, 0.25) is 0 Å². The van der Waals surface area contributed by atoms with Crippen molar-refractivity contribution in [2.45, 2.75) is 84.0 Å². The molecular formula is C62H61N3. The van der Waals surface area contributed by atoms with Crippen molar-refractivity contribution in [2.24, 2.45) is 0 Å². The lowest BCUT2D eigenvalue weighted by Crippen LogP contribution is -2.25. The summed E-state index contributed by atoms with van der Waals surface area (Å²) < 4.78 is 0. The Bertz CT molecular complexity index is 2840. The van der Waals surface area contributed by atoms with Gasteiger partial charge in [-0.3, -0.25) is 5.10 Å². The number of nitrogens with zero attached hydrogens (tertiary/aromatic N) is 2. The molecule has 3 nitrogen and oxygen atoms in total. The van der Waals surface area contributed by atoms with Crippen LogP contribution in [-0.2, 0) is 10.8 Å². The van der Waals surface area contributed by atoms with Crippen molar-refractivity contribution in [1.29, 1.82) is 0 Å². The normalized spacial score (nSPS) is 13.1. The van der Waals surface area contributed by atoms with Crippen LogP contribution in [-0.4, -0.2) is 10.2 Å². The molecule has 3 heteroatoms. The van der Waals surface area contributed by atoms with Gasteiger partial charge in [0.05, 0.1) is 11.4 Å². The van der Waals surface area contributed by atoms with Gasteiger partial charge in [-0.05, 0) is 116 Å². The summed E-state index contributed by atoms with van der Waals surface area (Å²) in [7, 11) is 0. The molecule has 0 aliphatic heterocycles. The van der Waals surface area contributed by atoms with Crippen LogP contribution in [0.3, 0.4) is 0 Å². The average Bonchev–Trinajstić information content (AvgIpc) is 3.94. The van der Waals surface area contributed by atoms with Crippen molar-refractivity contribution in [1.82, 2.24) is 10.2 Å². The van der Waals surface area contributed by atoms with Gasteiger partial charge in [0, 0.05) is 28.0 Å². The molecule has 324 valence electrons. The maximum absolute atomic E-state index is 4.65. The summed E-state index contributed by atoms with van der Waals surface area (Å²) in [6, 6.07) is 64.2. The highest BCUT2D eigenvalue weighted by molar-refractivity contribution is 5.86. The number of anilines is 3. The van der Waals surface area contributed by atoms with Crippen LogP contribution in [0.5, 0.6) is 0 Å². The molecule has 0 amide bonds. The Morgan fingerprint density at radius 3 is 1.43 bits per heavy atom. The highest BCUT2D eigenvalue weighted by atomic mass is 15.1. The first kappa shape index (κ1) is 43.3. The van der Waals surface area contributed by atoms with E-state index in [4.69, 9.17) is 0 Å². The fourth-order valence-corrected chi connectivity index (χ4v) is 9.61. The van der Waals surface area contributed by atoms with Crippen molar-refractivity contribution in [3.8, 4) is 33.6 Å². The summed E-state index contributed by atoms with van der Waals surface area (Å²) in [5, 5.41) is 7.92. The summed E-state index contributed by atoms with van der Waals surface area (Å²) in [6.07, 6.45) is 16.2. The number of nitrogens with one attached hydrogen (secondary N) is 1. The first-order valence-corrected chi connectivity index (χ1v) is 23.6. The van der Waals surface area contributed by atoms with Gasteiger partial charge in [0.15, 0.2) is 0 Å². The van der Waals surface area contributed by atoms with Gasteiger partial charge in [-0.2, -0.15) is 5.10 Å². The number of hydrogen-bond acceptors (Lipinski definition) is 2. The molecule has 1 heterocycles. The number of fused-ring (bicyclic) bond motifs is 3. The number of aromatic nitrogens is 2. The Morgan fingerprint density at radius 2 is 0.938 bits per heavy atom. The van der Waals surface area contributed by atoms with Gasteiger partial charge in [0.25, 0.3) is 0 Å². The smallest absolute Gasteiger partial charge is 0.0927 e. The summed E-state index contributed by atoms with van der Waals surface area (Å²) in [5.74, 6) is 0. The molecule has 1 aliphatic carbocycles. The van der Waals surface area contributed by atoms with Crippen molar-refractivity contribution < 1.29 is 0 Å². The SMILES string of the molecule is CCCCC1(CCCC)c2cc(/C=C/c3ccc(-c4cc(-c5ccc(C(C)(C)C)cc5)n[nH]4)cc3)ccc2-c2ccc(/C=C/c3ccc(N(c4ccccc4)c4ccccc4)cc3)cc21. The Morgan fingerprint density at radius 1 is 0.492 bits per heavy atom. The second-order valence-electron chi connectivity index (χ2n) is 18.8. The predicted octanol–water partition coefficient (Wildman–Crippen LogP) is 17.5. The minimum atomic E-state index is -0.0103. The van der Waals surface area contributed by atoms with E-state index in [9.17, 15) is 0 Å². The monoisotopic (exact) mass is 847 g/mol. The Balaban J connectivity index is 0.949. The number of H-pyrrole nitrogens is 1. The van der Waals surface area contributed by atoms with Gasteiger partial charge in [-0.15, -0.1) is 0 Å². The lowest BCUT2D eigenvalue weighted by atomic mass is 9.70. The van der Waals surface area contributed by atoms with Crippen molar-refractivity contribution in [3.63, 3.8) is 0 Å². The van der Waals surface area contributed by atoms with E-state index in [0.717, 1.165) is 52.4 Å². The van der Waals surface area contributed by atoms with E-state index in [1.165, 1.54) is 75.8 Å². The molecule has 1 aromatic heterocycles. The van der Waals surface area contributed by atoms with E-state index in [-0.39, 0.29) is 10.8 Å². The van der Waals surface area contributed by atoms with Crippen LogP contribution in [0.15, 0.2) is 176 Å². The molecule has 0 saturated heterocycles. The van der Waals surface area contributed by atoms with Crippen molar-refractivity contribution in [2.75, 3.05) is 4.90 Å². The first-order chi connectivity index (χ1) is 31.7. The molecule has 0 radical (unpaired) electrons. The lowest BCUT2D eigenvalue weighted by Gasteiger charge is -2.33. The van der Waals surface area contributed by atoms with E-state index in [1.807, 2.05) is 0 Å². The highest BCUT2D eigenvalue weighted by Crippen LogP contribution is 2.55. The van der Waals surface area contributed by atoms with Crippen molar-refractivity contribution in [3.05, 3.63) is 215 Å². The van der Waals surface area contributed by atoms with E-state index >= 15 is 0 Å². The number of benzene rings is 7. The molecule has 0 fully saturated rings. The molecule has 65 heavy (non-hydrogen) atoms. The summed E-state index contributed by atoms with van der Waals surface area (Å²) in [6.45, 7) is 11.4. The second kappa shape index (κ2) is 19.0. The van der Waals surface area contributed by atoms with Gasteiger partial charge in [-0.25, -0.2) is 0 Å². The first-order valence-electron chi connectivity index (χ1n) is 23.6. The number of para-hydroxylation sites is 2. The zero-order valence-electron chi connectivity index (χ0n) is 38.7. The van der Waals surface area contributed by atoms with Crippen LogP contribution < -0.4 is 4.90 Å². The van der Waals surface area contributed by atoms with Gasteiger partial charge < -0.3 is 4.90 Å². The molecule has 8 aromatic rings. The largest absolute Gasteiger partial charge is 0.311 e. The minimum Gasteiger partial charge on any atom is -0.311 e. The molecule has 0 atom stereocenters. The van der Waals surface area contributed by atoms with E-state index in [2.05, 4.69) is 250 Å². The number of aromatic amines is 1. The quantitative estimate of drug-likeness (QED) is 0.104. The molecule has 0 saturated carbocycles. The maximum Gasteiger partial charge on any atom is 0.0927 e. The molecule has 7 aromatic carbocycles. The highest BCUT2D eigenvalue weighted by Gasteiger charge is 2.42. The van der Waals surface area contributed by atoms with E-state index in [0.29, 0.717) is 0 Å². The summed E-state index contributed by atoms with van der Waals surface area (Å²) in [5.41, 5.74) is 19.7. The number of rotatable bonds is 15. The lowest BCUT2D eigenvalue weighted by molar-refractivity contribution is 0.414. The van der Waals surface area contributed by atoms with Crippen LogP contribution in [0.1, 0.15) is 112 Å². The van der Waals surface area contributed by atoms with E-state index < -0.39 is 0 Å². The minimum absolute atomic E-state index is 0.0103. The van der Waals surface area contributed by atoms with Crippen LogP contribution in [0.25, 0.3) is 57.9 Å². The average molecular weight is 848 g/mol. The molecule has 0 unspecified atom stereocenters. The molecule has 1 N–H and O–H groups in total. The van der Waals surface area contributed by atoms with Gasteiger partial charge >= 0.3 is 0 Å². The fraction of sp³-hybridized carbons (Fsp3) is 0.210. The topological polar surface area (TPSA) is 31.9 Å². The fourth-order valence-electron chi connectivity index (χ4n) is 9.61. The molecule has 0 bridgehead atoms. The summed E-state index contributed by atoms with van der Waals surface area (Å²) >= 11 is 0. The number of hydrogen-bond donors (Lipinski definition) is 1. The van der Waals surface area contributed by atoms with Gasteiger partial charge in [0.1, 0.15) is 0 Å². The third-order valence-electron chi connectivity index (χ3n) is 13.3. The maximum atomic E-state index is 4.65. The van der Waals surface area contributed by atoms with Crippen LogP contribution in [0, 0.1) is 0 Å². The van der Waals surface area contributed by atoms with Crippen LogP contribution >= 0.6 is 0 Å². The molecule has 0 spiro atoms. The zero-order valence-corrected chi connectivity index (χ0v) is 38.7. The zero-order chi connectivity index (χ0) is 44.8. The molecule has 1 aliphatic rings. The van der Waals surface area contributed by atoms with Crippen LogP contribution in [0.4, 0.5) is 17.1 Å². The second-order valence-corrected chi connectivity index (χ2v) is 18.8. The third-order valence-corrected chi connectivity index (χ3v) is 13.3. The van der Waals surface area contributed by atoms with Gasteiger partial charge in [-0.1, -0.05) is 218 Å². The molecule has 9 rings (SSSR count). The predicted molar refractivity (Wildman–Crippen MR) is 279 cm³/mol. The summed E-state index contributed by atoms with van der Waals surface area (Å²) in [4.78, 5) is 2.31. The standard InChI is InChI=1S/C62H61N3/c1-6-8-40-62(41-9-7-2)57-42-47(22-20-45-24-30-49(31-25-45)59-44-60(64-63-59)50-32-34-51(35-33-50)61(3,4)5)28-38-55(57)56-39-29-48(43-58(56)62)23-21-46-26-36-54(37-27-46)65(52-16-12-10-13-17-52)53-18-14-11-15-19-53/h10-39,42-44H,6-9,40-41H2,1-5H3,(H,63,64)/b22-20+,23-21+. The Labute approximate surface area is 387 Å². The molecular weight excluding hydrogens is 787 g/mol.